The normalized spacial score (nSPS) is 24.0. The fraction of sp³-hybridized carbons (Fsp3) is 0.235. The van der Waals surface area contributed by atoms with E-state index < -0.39 is 15.1 Å². The molecule has 2 aromatic carbocycles. The first-order valence-corrected chi connectivity index (χ1v) is 9.03. The summed E-state index contributed by atoms with van der Waals surface area (Å²) in [5.41, 5.74) is 7.78. The van der Waals surface area contributed by atoms with E-state index in [2.05, 4.69) is 0 Å². The second-order valence-electron chi connectivity index (χ2n) is 5.69. The van der Waals surface area contributed by atoms with Gasteiger partial charge in [-0.05, 0) is 24.6 Å². The van der Waals surface area contributed by atoms with Gasteiger partial charge in [-0.15, -0.1) is 0 Å². The first-order valence-electron chi connectivity index (χ1n) is 7.08. The van der Waals surface area contributed by atoms with E-state index in [0.29, 0.717) is 4.90 Å². The third-order valence-corrected chi connectivity index (χ3v) is 6.68. The minimum atomic E-state index is -3.44. The molecular weight excluding hydrogens is 314 g/mol. The number of sulfone groups is 1. The second kappa shape index (κ2) is 5.48. The summed E-state index contributed by atoms with van der Waals surface area (Å²) in [5, 5.41) is -0.560. The molecule has 0 amide bonds. The fourth-order valence-corrected chi connectivity index (χ4v) is 5.50. The van der Waals surface area contributed by atoms with E-state index in [1.165, 1.54) is 0 Å². The highest BCUT2D eigenvalue weighted by molar-refractivity contribution is 7.92. The molecule has 0 aliphatic heterocycles. The van der Waals surface area contributed by atoms with Crippen LogP contribution in [0.4, 0.5) is 0 Å². The Labute approximate surface area is 136 Å². The van der Waals surface area contributed by atoms with Gasteiger partial charge in [0.25, 0.3) is 0 Å². The largest absolute Gasteiger partial charge is 0.393 e. The molecule has 5 heteroatoms. The highest BCUT2D eigenvalue weighted by Gasteiger charge is 2.60. The summed E-state index contributed by atoms with van der Waals surface area (Å²) in [6.07, 6.45) is 0. The van der Waals surface area contributed by atoms with Gasteiger partial charge in [0, 0.05) is 11.8 Å². The molecule has 114 valence electrons. The quantitative estimate of drug-likeness (QED) is 0.875. The van der Waals surface area contributed by atoms with E-state index in [4.69, 9.17) is 18.0 Å². The van der Waals surface area contributed by atoms with Crippen LogP contribution in [0.25, 0.3) is 0 Å². The smallest absolute Gasteiger partial charge is 0.182 e. The van der Waals surface area contributed by atoms with Crippen LogP contribution >= 0.6 is 12.2 Å². The minimum Gasteiger partial charge on any atom is -0.393 e. The maximum absolute atomic E-state index is 12.9. The Bertz CT molecular complexity index is 798. The average molecular weight is 331 g/mol. The molecule has 0 spiro atoms. The Morgan fingerprint density at radius 2 is 1.64 bits per heavy atom. The second-order valence-corrected chi connectivity index (χ2v) is 8.26. The van der Waals surface area contributed by atoms with Gasteiger partial charge in [-0.25, -0.2) is 8.42 Å². The molecule has 1 saturated carbocycles. The summed E-state index contributed by atoms with van der Waals surface area (Å²) >= 11 is 5.09. The molecule has 2 aromatic rings. The zero-order valence-electron chi connectivity index (χ0n) is 12.1. The van der Waals surface area contributed by atoms with Gasteiger partial charge in [-0.2, -0.15) is 0 Å². The van der Waals surface area contributed by atoms with Crippen molar-refractivity contribution >= 4 is 27.0 Å². The van der Waals surface area contributed by atoms with Crippen molar-refractivity contribution in [2.24, 2.45) is 11.7 Å². The van der Waals surface area contributed by atoms with Gasteiger partial charge in [0.1, 0.15) is 0 Å². The van der Waals surface area contributed by atoms with Crippen LogP contribution in [-0.2, 0) is 9.84 Å². The van der Waals surface area contributed by atoms with Crippen molar-refractivity contribution in [3.63, 3.8) is 0 Å². The van der Waals surface area contributed by atoms with E-state index in [1.54, 1.807) is 12.1 Å². The van der Waals surface area contributed by atoms with Gasteiger partial charge >= 0.3 is 0 Å². The Kier molecular flexibility index (Phi) is 3.78. The number of hydrogen-bond donors (Lipinski definition) is 1. The van der Waals surface area contributed by atoms with Gasteiger partial charge in [0.05, 0.1) is 15.1 Å². The summed E-state index contributed by atoms with van der Waals surface area (Å²) in [7, 11) is -3.44. The fourth-order valence-electron chi connectivity index (χ4n) is 2.97. The van der Waals surface area contributed by atoms with Crippen molar-refractivity contribution in [3.8, 4) is 0 Å². The summed E-state index contributed by atoms with van der Waals surface area (Å²) in [6, 6.07) is 16.5. The Morgan fingerprint density at radius 1 is 1.05 bits per heavy atom. The molecule has 0 heterocycles. The summed E-state index contributed by atoms with van der Waals surface area (Å²) in [5.74, 6) is -0.436. The van der Waals surface area contributed by atoms with E-state index in [1.807, 2.05) is 49.4 Å². The van der Waals surface area contributed by atoms with Gasteiger partial charge in [-0.3, -0.25) is 0 Å². The summed E-state index contributed by atoms with van der Waals surface area (Å²) in [6.45, 7) is 1.93. The molecule has 0 radical (unpaired) electrons. The maximum Gasteiger partial charge on any atom is 0.182 e. The number of nitrogens with two attached hydrogens (primary N) is 1. The molecule has 1 fully saturated rings. The van der Waals surface area contributed by atoms with E-state index in [0.717, 1.165) is 11.1 Å². The topological polar surface area (TPSA) is 60.2 Å². The Hall–Kier alpha value is -1.72. The number of thiocarbonyl (C=S) groups is 1. The van der Waals surface area contributed by atoms with Crippen LogP contribution in [0.5, 0.6) is 0 Å². The highest BCUT2D eigenvalue weighted by atomic mass is 32.2. The van der Waals surface area contributed by atoms with Crippen LogP contribution in [0.1, 0.15) is 17.0 Å². The van der Waals surface area contributed by atoms with Crippen LogP contribution < -0.4 is 5.73 Å². The zero-order chi connectivity index (χ0) is 15.9. The lowest BCUT2D eigenvalue weighted by Crippen LogP contribution is -2.17. The van der Waals surface area contributed by atoms with Gasteiger partial charge in [0.2, 0.25) is 0 Å². The molecule has 1 aliphatic carbocycles. The van der Waals surface area contributed by atoms with Crippen LogP contribution in [0, 0.1) is 12.8 Å². The van der Waals surface area contributed by atoms with Crippen LogP contribution in [0.15, 0.2) is 59.5 Å². The predicted molar refractivity (Wildman–Crippen MR) is 91.6 cm³/mol. The lowest BCUT2D eigenvalue weighted by atomic mass is 10.1. The number of benzene rings is 2. The molecular formula is C17H17NO2S2. The SMILES string of the molecule is Cc1ccc(S(=O)(=O)[C@@H]2[C@@H](C(N)=S)[C@H]2c2ccccc2)cc1. The minimum absolute atomic E-state index is 0.148. The van der Waals surface area contributed by atoms with E-state index in [9.17, 15) is 8.42 Å². The van der Waals surface area contributed by atoms with Gasteiger partial charge in [0.15, 0.2) is 9.84 Å². The maximum atomic E-state index is 12.9. The van der Waals surface area contributed by atoms with Gasteiger partial charge < -0.3 is 5.73 Å². The van der Waals surface area contributed by atoms with Crippen LogP contribution in [-0.4, -0.2) is 18.7 Å². The third-order valence-electron chi connectivity index (χ3n) is 4.17. The average Bonchev–Trinajstić information content (AvgIpc) is 3.25. The van der Waals surface area contributed by atoms with Crippen molar-refractivity contribution in [1.82, 2.24) is 0 Å². The first-order chi connectivity index (χ1) is 10.4. The number of rotatable bonds is 4. The third kappa shape index (κ3) is 2.55. The molecule has 0 saturated heterocycles. The molecule has 3 rings (SSSR count). The summed E-state index contributed by atoms with van der Waals surface area (Å²) < 4.78 is 25.8. The van der Waals surface area contributed by atoms with Crippen LogP contribution in [0.2, 0.25) is 0 Å². The Balaban J connectivity index is 1.99. The van der Waals surface area contributed by atoms with Crippen molar-refractivity contribution in [1.29, 1.82) is 0 Å². The molecule has 3 nitrogen and oxygen atoms in total. The standard InChI is InChI=1S/C17H17NO2S2/c1-11-7-9-13(10-8-11)22(19,20)16-14(15(16)17(18)21)12-5-3-2-4-6-12/h2-10,14-16H,1H3,(H2,18,21)/t14-,15+,16+/m1/s1. The number of aryl methyl sites for hydroxylation is 1. The van der Waals surface area contributed by atoms with Gasteiger partial charge in [-0.1, -0.05) is 60.2 Å². The van der Waals surface area contributed by atoms with Crippen LogP contribution in [0.3, 0.4) is 0 Å². The van der Waals surface area contributed by atoms with Crippen molar-refractivity contribution in [3.05, 3.63) is 65.7 Å². The highest BCUT2D eigenvalue weighted by Crippen LogP contribution is 2.54. The zero-order valence-corrected chi connectivity index (χ0v) is 13.8. The molecule has 0 bridgehead atoms. The lowest BCUT2D eigenvalue weighted by molar-refractivity contribution is 0.593. The summed E-state index contributed by atoms with van der Waals surface area (Å²) in [4.78, 5) is 0.609. The van der Waals surface area contributed by atoms with E-state index in [-0.39, 0.29) is 16.8 Å². The number of hydrogen-bond acceptors (Lipinski definition) is 3. The van der Waals surface area contributed by atoms with E-state index >= 15 is 0 Å². The molecule has 3 atom stereocenters. The molecule has 0 aromatic heterocycles. The molecule has 1 aliphatic rings. The Morgan fingerprint density at radius 3 is 2.18 bits per heavy atom. The van der Waals surface area contributed by atoms with Crippen molar-refractivity contribution in [2.45, 2.75) is 23.0 Å². The first kappa shape index (κ1) is 15.2. The predicted octanol–water partition coefficient (Wildman–Crippen LogP) is 2.84. The molecule has 2 N–H and O–H groups in total. The van der Waals surface area contributed by atoms with Crippen molar-refractivity contribution < 1.29 is 8.42 Å². The monoisotopic (exact) mass is 331 g/mol. The van der Waals surface area contributed by atoms with Crippen molar-refractivity contribution in [2.75, 3.05) is 0 Å². The lowest BCUT2D eigenvalue weighted by Gasteiger charge is -2.05. The molecule has 22 heavy (non-hydrogen) atoms. The molecule has 0 unspecified atom stereocenters.